The van der Waals surface area contributed by atoms with Crippen LogP contribution in [-0.2, 0) is 17.3 Å². The Labute approximate surface area is 180 Å². The van der Waals surface area contributed by atoms with Gasteiger partial charge in [0.2, 0.25) is 0 Å². The van der Waals surface area contributed by atoms with E-state index in [1.54, 1.807) is 0 Å². The van der Waals surface area contributed by atoms with E-state index < -0.39 is 8.32 Å². The highest BCUT2D eigenvalue weighted by Gasteiger charge is 2.40. The molecule has 29 heavy (non-hydrogen) atoms. The van der Waals surface area contributed by atoms with Gasteiger partial charge in [-0.15, -0.1) is 0 Å². The molecule has 2 nitrogen and oxygen atoms in total. The van der Waals surface area contributed by atoms with Crippen molar-refractivity contribution in [1.82, 2.24) is 4.98 Å². The number of hydrogen-bond donors (Lipinski definition) is 0. The lowest BCUT2D eigenvalue weighted by atomic mass is 9.93. The van der Waals surface area contributed by atoms with Crippen molar-refractivity contribution in [1.29, 1.82) is 0 Å². The van der Waals surface area contributed by atoms with Crippen molar-refractivity contribution in [2.45, 2.75) is 97.4 Å². The molecule has 2 aromatic rings. The monoisotopic (exact) mass is 411 g/mol. The van der Waals surface area contributed by atoms with Crippen molar-refractivity contribution in [2.75, 3.05) is 0 Å². The van der Waals surface area contributed by atoms with Gasteiger partial charge in [0.1, 0.15) is 6.10 Å². The summed E-state index contributed by atoms with van der Waals surface area (Å²) in [4.78, 5) is 4.94. The van der Waals surface area contributed by atoms with E-state index in [1.807, 2.05) is 6.20 Å². The maximum absolute atomic E-state index is 7.03. The number of aryl methyl sites for hydroxylation is 1. The molecule has 1 atom stereocenters. The van der Waals surface area contributed by atoms with Gasteiger partial charge in [-0.3, -0.25) is 4.98 Å². The summed E-state index contributed by atoms with van der Waals surface area (Å²) in [5, 5.41) is 0.156. The lowest BCUT2D eigenvalue weighted by molar-refractivity contribution is 0.216. The van der Waals surface area contributed by atoms with Gasteiger partial charge in [-0.25, -0.2) is 0 Å². The van der Waals surface area contributed by atoms with E-state index in [2.05, 4.69) is 84.1 Å². The fraction of sp³-hybridized carbons (Fsp3) is 0.577. The summed E-state index contributed by atoms with van der Waals surface area (Å²) in [6.45, 7) is 16.1. The summed E-state index contributed by atoms with van der Waals surface area (Å²) >= 11 is 0. The smallest absolute Gasteiger partial charge is 0.193 e. The quantitative estimate of drug-likeness (QED) is 0.371. The molecule has 0 saturated heterocycles. The molecule has 0 bridgehead atoms. The first-order valence-corrected chi connectivity index (χ1v) is 14.3. The van der Waals surface area contributed by atoms with Gasteiger partial charge in [-0.1, -0.05) is 77.8 Å². The van der Waals surface area contributed by atoms with Crippen LogP contribution >= 0.6 is 0 Å². The van der Waals surface area contributed by atoms with Gasteiger partial charge in [0.15, 0.2) is 8.32 Å². The van der Waals surface area contributed by atoms with Crippen molar-refractivity contribution in [3.8, 4) is 0 Å². The molecule has 160 valence electrons. The molecule has 0 aliphatic carbocycles. The zero-order valence-electron chi connectivity index (χ0n) is 19.7. The molecular weight excluding hydrogens is 370 g/mol. The molecule has 3 heteroatoms. The van der Waals surface area contributed by atoms with Crippen LogP contribution in [0.4, 0.5) is 0 Å². The average molecular weight is 412 g/mol. The molecule has 1 unspecified atom stereocenters. The Bertz CT molecular complexity index is 749. The third-order valence-corrected chi connectivity index (χ3v) is 10.8. The lowest BCUT2D eigenvalue weighted by Gasteiger charge is -2.39. The molecule has 1 heterocycles. The number of rotatable bonds is 10. The molecule has 0 aliphatic heterocycles. The topological polar surface area (TPSA) is 22.1 Å². The largest absolute Gasteiger partial charge is 0.404 e. The van der Waals surface area contributed by atoms with E-state index in [9.17, 15) is 0 Å². The van der Waals surface area contributed by atoms with E-state index in [4.69, 9.17) is 9.41 Å². The highest BCUT2D eigenvalue weighted by Crippen LogP contribution is 2.42. The summed E-state index contributed by atoms with van der Waals surface area (Å²) in [5.41, 5.74) is 5.25. The summed E-state index contributed by atoms with van der Waals surface area (Å²) in [7, 11) is -1.97. The highest BCUT2D eigenvalue weighted by molar-refractivity contribution is 6.74. The summed E-state index contributed by atoms with van der Waals surface area (Å²) in [5.74, 6) is 0. The van der Waals surface area contributed by atoms with Gasteiger partial charge in [-0.2, -0.15) is 0 Å². The van der Waals surface area contributed by atoms with E-state index >= 15 is 0 Å². The Morgan fingerprint density at radius 3 is 2.14 bits per heavy atom. The van der Waals surface area contributed by atoms with E-state index in [1.165, 1.54) is 42.4 Å². The number of pyridine rings is 1. The van der Waals surface area contributed by atoms with Crippen LogP contribution in [0, 0.1) is 0 Å². The third kappa shape index (κ3) is 6.26. The zero-order chi connectivity index (χ0) is 21.5. The van der Waals surface area contributed by atoms with Crippen LogP contribution in [0.15, 0.2) is 42.6 Å². The Hall–Kier alpha value is -1.45. The number of unbranched alkanes of at least 4 members (excludes halogenated alkanes) is 2. The van der Waals surface area contributed by atoms with Gasteiger partial charge >= 0.3 is 0 Å². The van der Waals surface area contributed by atoms with Gasteiger partial charge in [0, 0.05) is 6.20 Å². The number of benzene rings is 1. The van der Waals surface area contributed by atoms with Crippen LogP contribution in [0.2, 0.25) is 18.1 Å². The molecule has 0 fully saturated rings. The standard InChI is InChI=1S/C26H41NOSi/c1-8-10-15-21-19-20-27-24(23(21)18-11-9-2)25(22-16-13-12-14-17-22)28-29(6,7)26(3,4)5/h12-14,16-17,19-20,25H,8-11,15,18H2,1-7H3. The predicted octanol–water partition coefficient (Wildman–Crippen LogP) is 7.88. The third-order valence-electron chi connectivity index (χ3n) is 6.34. The van der Waals surface area contributed by atoms with Crippen molar-refractivity contribution >= 4 is 8.32 Å². The minimum Gasteiger partial charge on any atom is -0.404 e. The van der Waals surface area contributed by atoms with Gasteiger partial charge in [-0.05, 0) is 66.6 Å². The van der Waals surface area contributed by atoms with Crippen LogP contribution in [0.3, 0.4) is 0 Å². The molecule has 0 radical (unpaired) electrons. The fourth-order valence-corrected chi connectivity index (χ4v) is 4.59. The maximum Gasteiger partial charge on any atom is 0.193 e. The van der Waals surface area contributed by atoms with Crippen LogP contribution in [-0.4, -0.2) is 13.3 Å². The van der Waals surface area contributed by atoms with Crippen molar-refractivity contribution in [3.63, 3.8) is 0 Å². The number of hydrogen-bond acceptors (Lipinski definition) is 2. The van der Waals surface area contributed by atoms with E-state index in [0.717, 1.165) is 18.5 Å². The molecule has 1 aromatic heterocycles. The molecule has 0 N–H and O–H groups in total. The summed E-state index contributed by atoms with van der Waals surface area (Å²) in [6.07, 6.45) is 8.96. The molecule has 0 saturated carbocycles. The first kappa shape index (κ1) is 23.8. The normalized spacial score (nSPS) is 13.5. The molecular formula is C26H41NOSi. The number of aromatic nitrogens is 1. The zero-order valence-corrected chi connectivity index (χ0v) is 20.7. The van der Waals surface area contributed by atoms with Gasteiger partial charge in [0.05, 0.1) is 5.69 Å². The second-order valence-corrected chi connectivity index (χ2v) is 14.5. The van der Waals surface area contributed by atoms with Crippen LogP contribution < -0.4 is 0 Å². The van der Waals surface area contributed by atoms with Crippen molar-refractivity contribution in [2.24, 2.45) is 0 Å². The van der Waals surface area contributed by atoms with Gasteiger partial charge < -0.3 is 4.43 Å². The lowest BCUT2D eigenvalue weighted by Crippen LogP contribution is -2.42. The highest BCUT2D eigenvalue weighted by atomic mass is 28.4. The van der Waals surface area contributed by atoms with Crippen LogP contribution in [0.25, 0.3) is 0 Å². The van der Waals surface area contributed by atoms with E-state index in [-0.39, 0.29) is 11.1 Å². The molecule has 0 aliphatic rings. The summed E-state index contributed by atoms with van der Waals surface area (Å²) < 4.78 is 7.03. The predicted molar refractivity (Wildman–Crippen MR) is 128 cm³/mol. The minimum atomic E-state index is -1.97. The Morgan fingerprint density at radius 2 is 1.55 bits per heavy atom. The number of nitrogens with zero attached hydrogens (tertiary/aromatic N) is 1. The molecule has 1 aromatic carbocycles. The second-order valence-electron chi connectivity index (χ2n) is 9.71. The van der Waals surface area contributed by atoms with Gasteiger partial charge in [0.25, 0.3) is 0 Å². The average Bonchev–Trinajstić information content (AvgIpc) is 2.69. The molecule has 2 rings (SSSR count). The first-order chi connectivity index (χ1) is 13.7. The van der Waals surface area contributed by atoms with E-state index in [0.29, 0.717) is 0 Å². The molecule has 0 amide bonds. The first-order valence-electron chi connectivity index (χ1n) is 11.4. The Kier molecular flexibility index (Phi) is 8.66. The van der Waals surface area contributed by atoms with Crippen LogP contribution in [0.1, 0.15) is 88.8 Å². The Balaban J connectivity index is 2.57. The van der Waals surface area contributed by atoms with Crippen LogP contribution in [0.5, 0.6) is 0 Å². The van der Waals surface area contributed by atoms with Crippen molar-refractivity contribution < 1.29 is 4.43 Å². The fourth-order valence-electron chi connectivity index (χ4n) is 3.40. The maximum atomic E-state index is 7.03. The minimum absolute atomic E-state index is 0.0921. The Morgan fingerprint density at radius 1 is 0.931 bits per heavy atom. The molecule has 0 spiro atoms. The van der Waals surface area contributed by atoms with Crippen molar-refractivity contribution in [3.05, 3.63) is 65.0 Å². The SMILES string of the molecule is CCCCc1ccnc(C(O[Si](C)(C)C(C)(C)C)c2ccccc2)c1CCCC. The summed E-state index contributed by atoms with van der Waals surface area (Å²) in [6, 6.07) is 12.9. The second kappa shape index (κ2) is 10.5.